The number of hydrogen-bond donors (Lipinski definition) is 2. The number of H-pyrrole nitrogens is 1. The van der Waals surface area contributed by atoms with E-state index in [0.717, 1.165) is 28.5 Å². The molecule has 1 aliphatic rings. The minimum absolute atomic E-state index is 0.120. The van der Waals surface area contributed by atoms with Gasteiger partial charge in [-0.1, -0.05) is 6.92 Å². The molecule has 2 aromatic rings. The highest BCUT2D eigenvalue weighted by atomic mass is 16.5. The zero-order valence-electron chi connectivity index (χ0n) is 10.9. The van der Waals surface area contributed by atoms with Crippen LogP contribution in [0.1, 0.15) is 35.3 Å². The predicted molar refractivity (Wildman–Crippen MR) is 72.9 cm³/mol. The molecule has 1 aromatic carbocycles. The van der Waals surface area contributed by atoms with Crippen LogP contribution in [-0.4, -0.2) is 23.0 Å². The van der Waals surface area contributed by atoms with E-state index in [0.29, 0.717) is 17.7 Å². The Balaban J connectivity index is 2.29. The second kappa shape index (κ2) is 4.16. The Kier molecular flexibility index (Phi) is 2.59. The van der Waals surface area contributed by atoms with Crippen LogP contribution in [0.15, 0.2) is 30.0 Å². The summed E-state index contributed by atoms with van der Waals surface area (Å²) in [6, 6.07) is 5.72. The monoisotopic (exact) mass is 257 g/mol. The molecule has 0 saturated carbocycles. The molecule has 1 aliphatic carbocycles. The van der Waals surface area contributed by atoms with Crippen molar-refractivity contribution in [2.75, 3.05) is 7.11 Å². The van der Waals surface area contributed by atoms with Crippen molar-refractivity contribution >= 4 is 16.7 Å². The Morgan fingerprint density at radius 3 is 2.95 bits per heavy atom. The lowest BCUT2D eigenvalue weighted by Gasteiger charge is -2.20. The van der Waals surface area contributed by atoms with E-state index in [9.17, 15) is 4.79 Å². The van der Waals surface area contributed by atoms with Crippen LogP contribution in [-0.2, 0) is 0 Å². The molecule has 4 nitrogen and oxygen atoms in total. The van der Waals surface area contributed by atoms with Gasteiger partial charge in [0.05, 0.1) is 19.1 Å². The normalized spacial score (nSPS) is 20.8. The number of carbonyl (C=O) groups is 1. The van der Waals surface area contributed by atoms with Crippen molar-refractivity contribution in [1.82, 2.24) is 4.98 Å². The number of hydrogen-bond acceptors (Lipinski definition) is 3. The molecule has 3 rings (SSSR count). The minimum atomic E-state index is -0.120. The molecule has 0 aliphatic heterocycles. The van der Waals surface area contributed by atoms with Crippen LogP contribution in [0.4, 0.5) is 0 Å². The summed E-state index contributed by atoms with van der Waals surface area (Å²) in [5.41, 5.74) is 2.98. The third-order valence-electron chi connectivity index (χ3n) is 3.74. The number of methoxy groups -OCH3 is 1. The smallest absolute Gasteiger partial charge is 0.208 e. The number of aromatic nitrogens is 1. The van der Waals surface area contributed by atoms with E-state index < -0.39 is 0 Å². The highest BCUT2D eigenvalue weighted by Gasteiger charge is 2.30. The van der Waals surface area contributed by atoms with Gasteiger partial charge in [0.25, 0.3) is 0 Å². The lowest BCUT2D eigenvalue weighted by Crippen LogP contribution is -2.16. The van der Waals surface area contributed by atoms with E-state index >= 15 is 0 Å². The first-order chi connectivity index (χ1) is 9.15. The molecule has 0 fully saturated rings. The number of aromatic amines is 1. The van der Waals surface area contributed by atoms with Gasteiger partial charge in [-0.2, -0.15) is 0 Å². The maximum Gasteiger partial charge on any atom is 0.208 e. The Hall–Kier alpha value is -2.23. The molecule has 1 aromatic heterocycles. The van der Waals surface area contributed by atoms with Crippen LogP contribution in [0.2, 0.25) is 0 Å². The molecular weight excluding hydrogens is 242 g/mol. The summed E-state index contributed by atoms with van der Waals surface area (Å²) in [5, 5.41) is 10.2. The highest BCUT2D eigenvalue weighted by molar-refractivity contribution is 6.13. The van der Waals surface area contributed by atoms with Crippen LogP contribution in [0.25, 0.3) is 10.9 Å². The van der Waals surface area contributed by atoms with Crippen molar-refractivity contribution in [3.8, 4) is 5.75 Å². The Morgan fingerprint density at radius 1 is 1.47 bits per heavy atom. The lowest BCUT2D eigenvalue weighted by atomic mass is 9.83. The number of allylic oxidation sites excluding steroid dienone is 1. The van der Waals surface area contributed by atoms with Crippen molar-refractivity contribution in [3.63, 3.8) is 0 Å². The van der Waals surface area contributed by atoms with Gasteiger partial charge in [-0.05, 0) is 36.1 Å². The number of aliphatic hydroxyl groups is 1. The Labute approximate surface area is 110 Å². The molecule has 4 heteroatoms. The molecule has 0 saturated heterocycles. The summed E-state index contributed by atoms with van der Waals surface area (Å²) in [6.07, 6.45) is 1.49. The van der Waals surface area contributed by atoms with Gasteiger partial charge >= 0.3 is 0 Å². The van der Waals surface area contributed by atoms with E-state index in [2.05, 4.69) is 11.9 Å². The number of Topliss-reactive ketones (excluding diaryl/α,β-unsaturated/α-hetero) is 1. The van der Waals surface area contributed by atoms with Crippen molar-refractivity contribution in [2.24, 2.45) is 0 Å². The van der Waals surface area contributed by atoms with Crippen LogP contribution >= 0.6 is 0 Å². The molecule has 1 unspecified atom stereocenters. The van der Waals surface area contributed by atoms with Gasteiger partial charge in [-0.25, -0.2) is 0 Å². The standard InChI is InChI=1S/C15H15NO3/c1-8-5-9(7-17)15(18)14-13(8)11-6-10(19-2)3-4-12(11)16-14/h3-4,6-8,16-17H,5H2,1-2H3. The first kappa shape index (κ1) is 11.8. The summed E-state index contributed by atoms with van der Waals surface area (Å²) < 4.78 is 5.24. The molecule has 1 heterocycles. The third-order valence-corrected chi connectivity index (χ3v) is 3.74. The summed E-state index contributed by atoms with van der Waals surface area (Å²) >= 11 is 0. The number of aliphatic hydroxyl groups excluding tert-OH is 1. The SMILES string of the molecule is COc1ccc2[nH]c3c(c2c1)C(C)CC(=CO)C3=O. The van der Waals surface area contributed by atoms with Gasteiger partial charge in [0.15, 0.2) is 0 Å². The maximum atomic E-state index is 12.2. The molecule has 1 atom stereocenters. The van der Waals surface area contributed by atoms with E-state index in [1.165, 1.54) is 0 Å². The number of ketones is 1. The van der Waals surface area contributed by atoms with Crippen molar-refractivity contribution < 1.29 is 14.6 Å². The van der Waals surface area contributed by atoms with Gasteiger partial charge in [-0.3, -0.25) is 4.79 Å². The summed E-state index contributed by atoms with van der Waals surface area (Å²) in [7, 11) is 1.63. The van der Waals surface area contributed by atoms with E-state index in [1.807, 2.05) is 18.2 Å². The zero-order chi connectivity index (χ0) is 13.6. The van der Waals surface area contributed by atoms with Crippen LogP contribution in [0.3, 0.4) is 0 Å². The van der Waals surface area contributed by atoms with E-state index in [4.69, 9.17) is 9.84 Å². The fourth-order valence-corrected chi connectivity index (χ4v) is 2.81. The summed E-state index contributed by atoms with van der Waals surface area (Å²) in [4.78, 5) is 15.4. The fraction of sp³-hybridized carbons (Fsp3) is 0.267. The summed E-state index contributed by atoms with van der Waals surface area (Å²) in [5.74, 6) is 0.843. The first-order valence-corrected chi connectivity index (χ1v) is 6.23. The van der Waals surface area contributed by atoms with Crippen LogP contribution in [0, 0.1) is 0 Å². The molecular formula is C15H15NO3. The number of rotatable bonds is 1. The topological polar surface area (TPSA) is 62.3 Å². The minimum Gasteiger partial charge on any atom is -0.515 e. The second-order valence-electron chi connectivity index (χ2n) is 4.91. The first-order valence-electron chi connectivity index (χ1n) is 6.23. The Bertz CT molecular complexity index is 697. The number of carbonyl (C=O) groups excluding carboxylic acids is 1. The number of benzene rings is 1. The molecule has 0 spiro atoms. The zero-order valence-corrected chi connectivity index (χ0v) is 10.9. The van der Waals surface area contributed by atoms with Gasteiger partial charge in [0, 0.05) is 16.5 Å². The maximum absolute atomic E-state index is 12.2. The molecule has 0 amide bonds. The van der Waals surface area contributed by atoms with Crippen molar-refractivity contribution in [2.45, 2.75) is 19.3 Å². The number of nitrogens with one attached hydrogen (secondary N) is 1. The fourth-order valence-electron chi connectivity index (χ4n) is 2.81. The number of ether oxygens (including phenoxy) is 1. The van der Waals surface area contributed by atoms with Crippen LogP contribution in [0.5, 0.6) is 5.75 Å². The van der Waals surface area contributed by atoms with E-state index in [-0.39, 0.29) is 11.7 Å². The predicted octanol–water partition coefficient (Wildman–Crippen LogP) is 3.31. The molecule has 0 radical (unpaired) electrons. The average molecular weight is 257 g/mol. The molecule has 19 heavy (non-hydrogen) atoms. The van der Waals surface area contributed by atoms with Gasteiger partial charge in [-0.15, -0.1) is 0 Å². The molecule has 98 valence electrons. The van der Waals surface area contributed by atoms with Gasteiger partial charge in [0.1, 0.15) is 5.75 Å². The van der Waals surface area contributed by atoms with Crippen molar-refractivity contribution in [3.05, 3.63) is 41.3 Å². The molecule has 2 N–H and O–H groups in total. The second-order valence-corrected chi connectivity index (χ2v) is 4.91. The van der Waals surface area contributed by atoms with Gasteiger partial charge < -0.3 is 14.8 Å². The van der Waals surface area contributed by atoms with Crippen LogP contribution < -0.4 is 4.74 Å². The highest BCUT2D eigenvalue weighted by Crippen LogP contribution is 2.39. The largest absolute Gasteiger partial charge is 0.515 e. The lowest BCUT2D eigenvalue weighted by molar-refractivity contribution is 0.101. The summed E-state index contributed by atoms with van der Waals surface area (Å²) in [6.45, 7) is 2.06. The average Bonchev–Trinajstić information content (AvgIpc) is 2.81. The van der Waals surface area contributed by atoms with E-state index in [1.54, 1.807) is 7.11 Å². The Morgan fingerprint density at radius 2 is 2.26 bits per heavy atom. The van der Waals surface area contributed by atoms with Crippen molar-refractivity contribution in [1.29, 1.82) is 0 Å². The van der Waals surface area contributed by atoms with Gasteiger partial charge in [0.2, 0.25) is 5.78 Å². The third kappa shape index (κ3) is 1.63. The number of fused-ring (bicyclic) bond motifs is 3. The quantitative estimate of drug-likeness (QED) is 0.608. The molecule has 0 bridgehead atoms.